The van der Waals surface area contributed by atoms with Gasteiger partial charge >= 0.3 is 0 Å². The number of hydrogen-bond acceptors (Lipinski definition) is 2. The van der Waals surface area contributed by atoms with E-state index in [2.05, 4.69) is 36.6 Å². The maximum atomic E-state index is 11.7. The molecule has 1 unspecified atom stereocenters. The first-order valence-electron chi connectivity index (χ1n) is 6.12. The number of benzene rings is 1. The maximum absolute atomic E-state index is 11.7. The summed E-state index contributed by atoms with van der Waals surface area (Å²) in [4.78, 5) is 11.7. The van der Waals surface area contributed by atoms with E-state index in [0.29, 0.717) is 13.0 Å². The zero-order valence-electron chi connectivity index (χ0n) is 11.3. The van der Waals surface area contributed by atoms with Gasteiger partial charge in [0.15, 0.2) is 0 Å². The zero-order valence-corrected chi connectivity index (χ0v) is 12.1. The Morgan fingerprint density at radius 3 is 2.56 bits per heavy atom. The smallest absolute Gasteiger partial charge is 0.220 e. The van der Waals surface area contributed by atoms with Gasteiger partial charge in [-0.15, -0.1) is 12.4 Å². The van der Waals surface area contributed by atoms with Crippen LogP contribution < -0.4 is 10.6 Å². The lowest BCUT2D eigenvalue weighted by molar-refractivity contribution is -0.121. The second-order valence-corrected chi connectivity index (χ2v) is 4.42. The SMILES string of the molecule is CNCCNC(=O)CC(C)c1ccccc1C.Cl. The van der Waals surface area contributed by atoms with Crippen LogP contribution in [0.2, 0.25) is 0 Å². The van der Waals surface area contributed by atoms with E-state index in [1.165, 1.54) is 11.1 Å². The molecule has 0 saturated carbocycles. The maximum Gasteiger partial charge on any atom is 0.220 e. The Kier molecular flexibility index (Phi) is 8.42. The highest BCUT2D eigenvalue weighted by Crippen LogP contribution is 2.21. The molecule has 102 valence electrons. The van der Waals surface area contributed by atoms with Crippen LogP contribution in [0.3, 0.4) is 0 Å². The molecule has 1 rings (SSSR count). The van der Waals surface area contributed by atoms with Crippen LogP contribution in [-0.2, 0) is 4.79 Å². The van der Waals surface area contributed by atoms with Crippen molar-refractivity contribution in [2.45, 2.75) is 26.2 Å². The van der Waals surface area contributed by atoms with Crippen molar-refractivity contribution >= 4 is 18.3 Å². The fourth-order valence-corrected chi connectivity index (χ4v) is 1.93. The van der Waals surface area contributed by atoms with Gasteiger partial charge in [0.25, 0.3) is 0 Å². The van der Waals surface area contributed by atoms with Crippen LogP contribution in [0.15, 0.2) is 24.3 Å². The molecule has 4 heteroatoms. The molecule has 2 N–H and O–H groups in total. The minimum atomic E-state index is 0. The second kappa shape index (κ2) is 8.95. The molecule has 0 heterocycles. The Hall–Kier alpha value is -1.06. The number of aryl methyl sites for hydroxylation is 1. The van der Waals surface area contributed by atoms with Crippen molar-refractivity contribution in [3.63, 3.8) is 0 Å². The number of amides is 1. The molecular weight excluding hydrogens is 248 g/mol. The van der Waals surface area contributed by atoms with Gasteiger partial charge in [-0.05, 0) is 31.0 Å². The summed E-state index contributed by atoms with van der Waals surface area (Å²) in [7, 11) is 1.88. The van der Waals surface area contributed by atoms with E-state index in [4.69, 9.17) is 0 Å². The molecule has 0 radical (unpaired) electrons. The monoisotopic (exact) mass is 270 g/mol. The van der Waals surface area contributed by atoms with Crippen molar-refractivity contribution in [2.24, 2.45) is 0 Å². The molecule has 0 aromatic heterocycles. The molecule has 1 aromatic carbocycles. The molecule has 0 aliphatic heterocycles. The van der Waals surface area contributed by atoms with Crippen LogP contribution in [0, 0.1) is 6.92 Å². The Labute approximate surface area is 116 Å². The molecule has 1 amide bonds. The fraction of sp³-hybridized carbons (Fsp3) is 0.500. The van der Waals surface area contributed by atoms with Gasteiger partial charge in [0.1, 0.15) is 0 Å². The van der Waals surface area contributed by atoms with E-state index in [0.717, 1.165) is 6.54 Å². The third-order valence-electron chi connectivity index (χ3n) is 2.91. The summed E-state index contributed by atoms with van der Waals surface area (Å²) in [5, 5.41) is 5.90. The normalized spacial score (nSPS) is 11.5. The van der Waals surface area contributed by atoms with Gasteiger partial charge < -0.3 is 10.6 Å². The zero-order chi connectivity index (χ0) is 12.7. The molecule has 0 spiro atoms. The van der Waals surface area contributed by atoms with Crippen LogP contribution in [0.5, 0.6) is 0 Å². The van der Waals surface area contributed by atoms with E-state index in [1.807, 2.05) is 19.2 Å². The Morgan fingerprint density at radius 1 is 1.28 bits per heavy atom. The topological polar surface area (TPSA) is 41.1 Å². The standard InChI is InChI=1S/C14H22N2O.ClH/c1-11-6-4-5-7-13(11)12(2)10-14(17)16-9-8-15-3;/h4-7,12,15H,8-10H2,1-3H3,(H,16,17);1H. The van der Waals surface area contributed by atoms with Crippen molar-refractivity contribution in [1.82, 2.24) is 10.6 Å². The second-order valence-electron chi connectivity index (χ2n) is 4.42. The van der Waals surface area contributed by atoms with Gasteiger partial charge in [-0.3, -0.25) is 4.79 Å². The number of likely N-dealkylation sites (N-methyl/N-ethyl adjacent to an activating group) is 1. The Morgan fingerprint density at radius 2 is 1.94 bits per heavy atom. The lowest BCUT2D eigenvalue weighted by atomic mass is 9.93. The number of rotatable bonds is 6. The quantitative estimate of drug-likeness (QED) is 0.779. The molecule has 3 nitrogen and oxygen atoms in total. The van der Waals surface area contributed by atoms with Crippen LogP contribution >= 0.6 is 12.4 Å². The number of halogens is 1. The van der Waals surface area contributed by atoms with Gasteiger partial charge in [0.2, 0.25) is 5.91 Å². The van der Waals surface area contributed by atoms with Gasteiger partial charge in [0.05, 0.1) is 0 Å². The van der Waals surface area contributed by atoms with E-state index in [1.54, 1.807) is 0 Å². The average Bonchev–Trinajstić information content (AvgIpc) is 2.29. The molecule has 1 aromatic rings. The molecule has 18 heavy (non-hydrogen) atoms. The van der Waals surface area contributed by atoms with E-state index >= 15 is 0 Å². The summed E-state index contributed by atoms with van der Waals surface area (Å²) in [6.45, 7) is 5.69. The summed E-state index contributed by atoms with van der Waals surface area (Å²) < 4.78 is 0. The largest absolute Gasteiger partial charge is 0.355 e. The summed E-state index contributed by atoms with van der Waals surface area (Å²) in [6.07, 6.45) is 0.550. The van der Waals surface area contributed by atoms with Crippen molar-refractivity contribution < 1.29 is 4.79 Å². The van der Waals surface area contributed by atoms with Crippen LogP contribution in [0.25, 0.3) is 0 Å². The number of hydrogen-bond donors (Lipinski definition) is 2. The van der Waals surface area contributed by atoms with Gasteiger partial charge in [-0.2, -0.15) is 0 Å². The lowest BCUT2D eigenvalue weighted by Gasteiger charge is -2.14. The van der Waals surface area contributed by atoms with Crippen LogP contribution in [0.1, 0.15) is 30.4 Å². The van der Waals surface area contributed by atoms with Crippen molar-refractivity contribution in [3.05, 3.63) is 35.4 Å². The minimum Gasteiger partial charge on any atom is -0.355 e. The lowest BCUT2D eigenvalue weighted by Crippen LogP contribution is -2.31. The first-order valence-corrected chi connectivity index (χ1v) is 6.12. The molecule has 1 atom stereocenters. The van der Waals surface area contributed by atoms with Gasteiger partial charge in [-0.25, -0.2) is 0 Å². The third-order valence-corrected chi connectivity index (χ3v) is 2.91. The number of carbonyl (C=O) groups excluding carboxylic acids is 1. The van der Waals surface area contributed by atoms with Crippen LogP contribution in [0.4, 0.5) is 0 Å². The van der Waals surface area contributed by atoms with E-state index in [9.17, 15) is 4.79 Å². The van der Waals surface area contributed by atoms with Gasteiger partial charge in [0, 0.05) is 19.5 Å². The average molecular weight is 271 g/mol. The summed E-state index contributed by atoms with van der Waals surface area (Å²) in [5.41, 5.74) is 2.51. The van der Waals surface area contributed by atoms with E-state index in [-0.39, 0.29) is 24.2 Å². The first-order chi connectivity index (χ1) is 8.15. The minimum absolute atomic E-state index is 0. The summed E-state index contributed by atoms with van der Waals surface area (Å²) in [5.74, 6) is 0.391. The van der Waals surface area contributed by atoms with Crippen LogP contribution in [-0.4, -0.2) is 26.0 Å². The highest BCUT2D eigenvalue weighted by Gasteiger charge is 2.12. The molecule has 0 saturated heterocycles. The predicted octanol–water partition coefficient (Wildman–Crippen LogP) is 2.25. The molecule has 0 aliphatic rings. The summed E-state index contributed by atoms with van der Waals surface area (Å²) in [6, 6.07) is 8.24. The molecule has 0 aliphatic carbocycles. The van der Waals surface area contributed by atoms with Gasteiger partial charge in [-0.1, -0.05) is 31.2 Å². The number of nitrogens with one attached hydrogen (secondary N) is 2. The summed E-state index contributed by atoms with van der Waals surface area (Å²) >= 11 is 0. The Balaban J connectivity index is 0.00000289. The van der Waals surface area contributed by atoms with Crippen molar-refractivity contribution in [2.75, 3.05) is 20.1 Å². The Bertz CT molecular complexity index is 369. The van der Waals surface area contributed by atoms with E-state index < -0.39 is 0 Å². The first kappa shape index (κ1) is 16.9. The number of carbonyl (C=O) groups is 1. The predicted molar refractivity (Wildman–Crippen MR) is 78.4 cm³/mol. The highest BCUT2D eigenvalue weighted by atomic mass is 35.5. The molecule has 0 fully saturated rings. The van der Waals surface area contributed by atoms with Crippen molar-refractivity contribution in [1.29, 1.82) is 0 Å². The fourth-order valence-electron chi connectivity index (χ4n) is 1.93. The highest BCUT2D eigenvalue weighted by molar-refractivity contribution is 5.85. The van der Waals surface area contributed by atoms with Crippen molar-refractivity contribution in [3.8, 4) is 0 Å². The molecular formula is C14H23ClN2O. The molecule has 0 bridgehead atoms. The third kappa shape index (κ3) is 5.52.